The molecule has 0 unspecified atom stereocenters. The van der Waals surface area contributed by atoms with E-state index in [1.54, 1.807) is 19.1 Å². The summed E-state index contributed by atoms with van der Waals surface area (Å²) in [7, 11) is -2.02. The molecule has 10 heteroatoms. The minimum atomic E-state index is -3.47. The highest BCUT2D eigenvalue weighted by molar-refractivity contribution is 7.92. The number of nitrogens with one attached hydrogen (secondary N) is 2. The molecule has 3 rings (SSSR count). The molecular weight excluding hydrogens is 484 g/mol. The van der Waals surface area contributed by atoms with Crippen molar-refractivity contribution in [1.82, 2.24) is 5.32 Å². The van der Waals surface area contributed by atoms with Crippen molar-refractivity contribution in [2.75, 3.05) is 37.8 Å². The van der Waals surface area contributed by atoms with Gasteiger partial charge in [0, 0.05) is 18.7 Å². The smallest absolute Gasteiger partial charge is 0.338 e. The van der Waals surface area contributed by atoms with Crippen molar-refractivity contribution in [2.45, 2.75) is 50.7 Å². The summed E-state index contributed by atoms with van der Waals surface area (Å²) in [6, 6.07) is 12.8. The van der Waals surface area contributed by atoms with Gasteiger partial charge >= 0.3 is 5.97 Å². The van der Waals surface area contributed by atoms with E-state index in [1.807, 2.05) is 24.3 Å². The first-order valence-electron chi connectivity index (χ1n) is 12.2. The number of aliphatic hydroxyl groups is 1. The lowest BCUT2D eigenvalue weighted by Crippen LogP contribution is -2.39. The molecule has 0 aliphatic heterocycles. The quantitative estimate of drug-likeness (QED) is 0.364. The van der Waals surface area contributed by atoms with Gasteiger partial charge < -0.3 is 24.6 Å². The van der Waals surface area contributed by atoms with Crippen LogP contribution in [0.15, 0.2) is 42.5 Å². The molecule has 0 heterocycles. The van der Waals surface area contributed by atoms with Crippen molar-refractivity contribution >= 4 is 21.7 Å². The summed E-state index contributed by atoms with van der Waals surface area (Å²) < 4.78 is 41.4. The van der Waals surface area contributed by atoms with Gasteiger partial charge in [-0.05, 0) is 68.4 Å². The van der Waals surface area contributed by atoms with E-state index in [2.05, 4.69) is 10.0 Å². The molecule has 1 aliphatic carbocycles. The number of rotatable bonds is 12. The summed E-state index contributed by atoms with van der Waals surface area (Å²) in [6.45, 7) is 2.63. The van der Waals surface area contributed by atoms with E-state index < -0.39 is 16.1 Å². The van der Waals surface area contributed by atoms with Gasteiger partial charge in [0.2, 0.25) is 10.0 Å². The average molecular weight is 521 g/mol. The molecule has 1 fully saturated rings. The standard InChI is InChI=1S/C26H36N2O7S/c1-4-34-26(30)20-7-5-18(6-8-20)19-9-11-21(12-10-19)27-16-22(29)17-35-23-13-14-25(33-2)24(15-23)28-36(3,31)32/h5-8,13-15,19,21-22,27-29H,4,9-12,16-17H2,1-3H3/t19?,21?,22-/m0/s1. The minimum Gasteiger partial charge on any atom is -0.495 e. The largest absolute Gasteiger partial charge is 0.495 e. The number of esters is 1. The van der Waals surface area contributed by atoms with E-state index in [0.29, 0.717) is 42.2 Å². The average Bonchev–Trinajstić information content (AvgIpc) is 2.86. The van der Waals surface area contributed by atoms with Gasteiger partial charge in [-0.15, -0.1) is 0 Å². The Morgan fingerprint density at radius 3 is 2.42 bits per heavy atom. The Labute approximate surface area is 213 Å². The first kappa shape index (κ1) is 27.8. The highest BCUT2D eigenvalue weighted by Crippen LogP contribution is 2.33. The number of benzene rings is 2. The van der Waals surface area contributed by atoms with Gasteiger partial charge in [0.1, 0.15) is 24.2 Å². The lowest BCUT2D eigenvalue weighted by Gasteiger charge is -2.30. The summed E-state index contributed by atoms with van der Waals surface area (Å²) in [4.78, 5) is 11.8. The zero-order valence-electron chi connectivity index (χ0n) is 21.0. The molecule has 1 saturated carbocycles. The number of carbonyl (C=O) groups excluding carboxylic acids is 1. The van der Waals surface area contributed by atoms with Crippen LogP contribution < -0.4 is 19.5 Å². The van der Waals surface area contributed by atoms with E-state index >= 15 is 0 Å². The number of anilines is 1. The molecule has 3 N–H and O–H groups in total. The molecular formula is C26H36N2O7S. The summed E-state index contributed by atoms with van der Waals surface area (Å²) in [5.41, 5.74) is 2.08. The molecule has 198 valence electrons. The molecule has 0 saturated heterocycles. The number of ether oxygens (including phenoxy) is 3. The second-order valence-electron chi connectivity index (χ2n) is 9.00. The van der Waals surface area contributed by atoms with Crippen LogP contribution in [0, 0.1) is 0 Å². The molecule has 36 heavy (non-hydrogen) atoms. The first-order chi connectivity index (χ1) is 17.2. The summed E-state index contributed by atoms with van der Waals surface area (Å²) in [5, 5.41) is 13.8. The van der Waals surface area contributed by atoms with Crippen LogP contribution in [0.25, 0.3) is 0 Å². The van der Waals surface area contributed by atoms with Crippen LogP contribution in [-0.2, 0) is 14.8 Å². The van der Waals surface area contributed by atoms with Gasteiger partial charge in [-0.3, -0.25) is 4.72 Å². The molecule has 0 spiro atoms. The van der Waals surface area contributed by atoms with Crippen molar-refractivity contribution in [3.63, 3.8) is 0 Å². The predicted molar refractivity (Wildman–Crippen MR) is 138 cm³/mol. The second-order valence-corrected chi connectivity index (χ2v) is 10.7. The maximum absolute atomic E-state index is 11.8. The molecule has 9 nitrogen and oxygen atoms in total. The Balaban J connectivity index is 1.41. The van der Waals surface area contributed by atoms with Crippen LogP contribution in [0.2, 0.25) is 0 Å². The van der Waals surface area contributed by atoms with Crippen LogP contribution in [0.1, 0.15) is 54.4 Å². The van der Waals surface area contributed by atoms with Crippen molar-refractivity contribution in [1.29, 1.82) is 0 Å². The number of hydrogen-bond donors (Lipinski definition) is 3. The van der Waals surface area contributed by atoms with E-state index in [9.17, 15) is 18.3 Å². The highest BCUT2D eigenvalue weighted by Gasteiger charge is 2.23. The second kappa shape index (κ2) is 12.9. The summed E-state index contributed by atoms with van der Waals surface area (Å²) in [5.74, 6) is 0.964. The van der Waals surface area contributed by atoms with E-state index in [4.69, 9.17) is 14.2 Å². The third-order valence-corrected chi connectivity index (χ3v) is 6.76. The van der Waals surface area contributed by atoms with E-state index in [1.165, 1.54) is 18.7 Å². The summed E-state index contributed by atoms with van der Waals surface area (Å²) in [6.07, 6.45) is 4.40. The normalized spacial score (nSPS) is 18.8. The monoisotopic (exact) mass is 520 g/mol. The highest BCUT2D eigenvalue weighted by atomic mass is 32.2. The topological polar surface area (TPSA) is 123 Å². The van der Waals surface area contributed by atoms with Gasteiger partial charge in [0.25, 0.3) is 0 Å². The maximum atomic E-state index is 11.8. The van der Waals surface area contributed by atoms with Crippen molar-refractivity contribution in [3.8, 4) is 11.5 Å². The van der Waals surface area contributed by atoms with Gasteiger partial charge in [0.15, 0.2) is 0 Å². The molecule has 0 amide bonds. The number of aliphatic hydroxyl groups excluding tert-OH is 1. The fourth-order valence-electron chi connectivity index (χ4n) is 4.35. The molecule has 0 radical (unpaired) electrons. The van der Waals surface area contributed by atoms with Crippen molar-refractivity contribution in [2.24, 2.45) is 0 Å². The Kier molecular flexibility index (Phi) is 9.98. The fourth-order valence-corrected chi connectivity index (χ4v) is 4.91. The van der Waals surface area contributed by atoms with Crippen LogP contribution in [0.4, 0.5) is 5.69 Å². The van der Waals surface area contributed by atoms with E-state index in [0.717, 1.165) is 31.9 Å². The van der Waals surface area contributed by atoms with Gasteiger partial charge in [-0.2, -0.15) is 0 Å². The number of sulfonamides is 1. The fraction of sp³-hybridized carbons (Fsp3) is 0.500. The first-order valence-corrected chi connectivity index (χ1v) is 14.0. The molecule has 0 bridgehead atoms. The lowest BCUT2D eigenvalue weighted by atomic mass is 9.81. The Hall–Kier alpha value is -2.82. The Morgan fingerprint density at radius 2 is 1.81 bits per heavy atom. The number of carbonyl (C=O) groups is 1. The Morgan fingerprint density at radius 1 is 1.11 bits per heavy atom. The third kappa shape index (κ3) is 8.39. The predicted octanol–water partition coefficient (Wildman–Crippen LogP) is 3.30. The van der Waals surface area contributed by atoms with Crippen LogP contribution >= 0.6 is 0 Å². The number of hydrogen-bond acceptors (Lipinski definition) is 8. The van der Waals surface area contributed by atoms with Gasteiger partial charge in [-0.1, -0.05) is 12.1 Å². The van der Waals surface area contributed by atoms with Gasteiger partial charge in [-0.25, -0.2) is 13.2 Å². The van der Waals surface area contributed by atoms with Crippen molar-refractivity contribution in [3.05, 3.63) is 53.6 Å². The lowest BCUT2D eigenvalue weighted by molar-refractivity contribution is 0.0526. The van der Waals surface area contributed by atoms with E-state index in [-0.39, 0.29) is 18.3 Å². The SMILES string of the molecule is CCOC(=O)c1ccc(C2CCC(NC[C@H](O)COc3ccc(OC)c(NS(C)(=O)=O)c3)CC2)cc1. The maximum Gasteiger partial charge on any atom is 0.338 e. The van der Waals surface area contributed by atoms with Crippen LogP contribution in [0.5, 0.6) is 11.5 Å². The molecule has 2 aromatic carbocycles. The van der Waals surface area contributed by atoms with Crippen LogP contribution in [0.3, 0.4) is 0 Å². The molecule has 1 aliphatic rings. The number of methoxy groups -OCH3 is 1. The van der Waals surface area contributed by atoms with Crippen molar-refractivity contribution < 1.29 is 32.5 Å². The Bertz CT molecular complexity index is 1100. The van der Waals surface area contributed by atoms with Gasteiger partial charge in [0.05, 0.1) is 31.2 Å². The molecule has 2 aromatic rings. The molecule has 0 aromatic heterocycles. The molecule has 1 atom stereocenters. The third-order valence-electron chi connectivity index (χ3n) is 6.17. The summed E-state index contributed by atoms with van der Waals surface area (Å²) >= 11 is 0. The minimum absolute atomic E-state index is 0.0692. The zero-order valence-corrected chi connectivity index (χ0v) is 21.8. The zero-order chi connectivity index (χ0) is 26.1. The van der Waals surface area contributed by atoms with Crippen LogP contribution in [-0.4, -0.2) is 64.8 Å².